The normalized spacial score (nSPS) is 20.2. The second-order valence-corrected chi connectivity index (χ2v) is 6.98. The molecule has 3 nitrogen and oxygen atoms in total. The summed E-state index contributed by atoms with van der Waals surface area (Å²) >= 11 is 0. The van der Waals surface area contributed by atoms with Gasteiger partial charge in [0.1, 0.15) is 5.75 Å². The number of nitrogens with one attached hydrogen (secondary N) is 2. The van der Waals surface area contributed by atoms with Gasteiger partial charge in [-0.3, -0.25) is 0 Å². The lowest BCUT2D eigenvalue weighted by Crippen LogP contribution is -2.45. The van der Waals surface area contributed by atoms with Gasteiger partial charge in [-0.2, -0.15) is 0 Å². The van der Waals surface area contributed by atoms with Gasteiger partial charge in [-0.1, -0.05) is 54.6 Å². The first-order valence-electron chi connectivity index (χ1n) is 9.42. The molecule has 3 aromatic carbocycles. The largest absolute Gasteiger partial charge is 0.496 e. The van der Waals surface area contributed by atoms with Gasteiger partial charge in [-0.05, 0) is 47.9 Å². The molecule has 26 heavy (non-hydrogen) atoms. The maximum absolute atomic E-state index is 5.49. The smallest absolute Gasteiger partial charge is 0.123 e. The molecule has 0 spiro atoms. The highest BCUT2D eigenvalue weighted by atomic mass is 16.5. The van der Waals surface area contributed by atoms with Crippen LogP contribution >= 0.6 is 0 Å². The Morgan fingerprint density at radius 2 is 1.81 bits per heavy atom. The Kier molecular flexibility index (Phi) is 5.19. The Morgan fingerprint density at radius 3 is 2.69 bits per heavy atom. The van der Waals surface area contributed by atoms with Gasteiger partial charge in [0.25, 0.3) is 0 Å². The summed E-state index contributed by atoms with van der Waals surface area (Å²) in [6.45, 7) is 1.89. The third-order valence-electron chi connectivity index (χ3n) is 5.34. The van der Waals surface area contributed by atoms with Crippen LogP contribution in [0.15, 0.2) is 66.7 Å². The van der Waals surface area contributed by atoms with Crippen LogP contribution in [0.25, 0.3) is 10.8 Å². The average molecular weight is 346 g/mol. The lowest BCUT2D eigenvalue weighted by molar-refractivity contribution is 0.303. The van der Waals surface area contributed by atoms with Crippen LogP contribution < -0.4 is 15.4 Å². The van der Waals surface area contributed by atoms with E-state index in [-0.39, 0.29) is 0 Å². The zero-order valence-corrected chi connectivity index (χ0v) is 15.2. The lowest BCUT2D eigenvalue weighted by Gasteiger charge is -2.34. The second-order valence-electron chi connectivity index (χ2n) is 6.98. The summed E-state index contributed by atoms with van der Waals surface area (Å²) in [5, 5.41) is 10.1. The van der Waals surface area contributed by atoms with E-state index < -0.39 is 0 Å². The highest BCUT2D eigenvalue weighted by molar-refractivity contribution is 5.83. The molecule has 1 aliphatic rings. The molecular formula is C23H26N2O. The number of ether oxygens (including phenoxy) is 1. The van der Waals surface area contributed by atoms with Crippen LogP contribution in [0.3, 0.4) is 0 Å². The topological polar surface area (TPSA) is 33.3 Å². The molecule has 3 aromatic rings. The summed E-state index contributed by atoms with van der Waals surface area (Å²) in [5.41, 5.74) is 2.57. The SMILES string of the molecule is COc1ccccc1CNC1CCCNC1c1ccc2ccccc2c1. The number of rotatable bonds is 5. The summed E-state index contributed by atoms with van der Waals surface area (Å²) in [4.78, 5) is 0. The van der Waals surface area contributed by atoms with Gasteiger partial charge in [0.15, 0.2) is 0 Å². The molecule has 0 bridgehead atoms. The molecule has 0 saturated carbocycles. The zero-order valence-electron chi connectivity index (χ0n) is 15.2. The minimum atomic E-state index is 0.336. The highest BCUT2D eigenvalue weighted by Gasteiger charge is 2.26. The fourth-order valence-corrected chi connectivity index (χ4v) is 3.95. The maximum Gasteiger partial charge on any atom is 0.123 e. The molecule has 0 aromatic heterocycles. The molecular weight excluding hydrogens is 320 g/mol. The maximum atomic E-state index is 5.49. The first-order chi connectivity index (χ1) is 12.8. The minimum absolute atomic E-state index is 0.336. The Morgan fingerprint density at radius 1 is 1.00 bits per heavy atom. The molecule has 1 fully saturated rings. The van der Waals surface area contributed by atoms with E-state index in [2.05, 4.69) is 65.2 Å². The quantitative estimate of drug-likeness (QED) is 0.717. The number of piperidine rings is 1. The summed E-state index contributed by atoms with van der Waals surface area (Å²) in [6, 6.07) is 24.4. The number of hydrogen-bond donors (Lipinski definition) is 2. The molecule has 2 atom stereocenters. The molecule has 0 radical (unpaired) electrons. The number of fused-ring (bicyclic) bond motifs is 1. The third-order valence-corrected chi connectivity index (χ3v) is 5.34. The number of methoxy groups -OCH3 is 1. The second kappa shape index (κ2) is 7.90. The predicted octanol–water partition coefficient (Wildman–Crippen LogP) is 4.43. The third kappa shape index (κ3) is 3.59. The van der Waals surface area contributed by atoms with Crippen LogP contribution in [-0.2, 0) is 6.54 Å². The van der Waals surface area contributed by atoms with Crippen LogP contribution in [0, 0.1) is 0 Å². The van der Waals surface area contributed by atoms with Crippen molar-refractivity contribution in [3.63, 3.8) is 0 Å². The van der Waals surface area contributed by atoms with Gasteiger partial charge in [0, 0.05) is 24.2 Å². The molecule has 4 rings (SSSR count). The van der Waals surface area contributed by atoms with E-state index in [0.29, 0.717) is 12.1 Å². The van der Waals surface area contributed by atoms with E-state index in [1.165, 1.54) is 34.7 Å². The molecule has 3 heteroatoms. The van der Waals surface area contributed by atoms with Crippen molar-refractivity contribution in [1.29, 1.82) is 0 Å². The predicted molar refractivity (Wildman–Crippen MR) is 108 cm³/mol. The van der Waals surface area contributed by atoms with Crippen LogP contribution in [-0.4, -0.2) is 19.7 Å². The van der Waals surface area contributed by atoms with E-state index in [4.69, 9.17) is 4.74 Å². The van der Waals surface area contributed by atoms with E-state index in [0.717, 1.165) is 18.8 Å². The molecule has 1 aliphatic heterocycles. The summed E-state index contributed by atoms with van der Waals surface area (Å²) in [6.07, 6.45) is 2.38. The van der Waals surface area contributed by atoms with Crippen molar-refractivity contribution in [2.45, 2.75) is 31.5 Å². The van der Waals surface area contributed by atoms with Crippen molar-refractivity contribution in [1.82, 2.24) is 10.6 Å². The number of hydrogen-bond acceptors (Lipinski definition) is 3. The monoisotopic (exact) mass is 346 g/mol. The minimum Gasteiger partial charge on any atom is -0.496 e. The molecule has 1 heterocycles. The van der Waals surface area contributed by atoms with Gasteiger partial charge >= 0.3 is 0 Å². The van der Waals surface area contributed by atoms with Gasteiger partial charge < -0.3 is 15.4 Å². The fraction of sp³-hybridized carbons (Fsp3) is 0.304. The van der Waals surface area contributed by atoms with Crippen molar-refractivity contribution in [3.8, 4) is 5.75 Å². The van der Waals surface area contributed by atoms with E-state index in [1.807, 2.05) is 12.1 Å². The molecule has 0 amide bonds. The first kappa shape index (κ1) is 17.1. The van der Waals surface area contributed by atoms with Crippen molar-refractivity contribution >= 4 is 10.8 Å². The standard InChI is InChI=1S/C23H26N2O/c1-26-22-11-5-4-9-20(22)16-25-21-10-6-14-24-23(21)19-13-12-17-7-2-3-8-18(17)15-19/h2-5,7-9,11-13,15,21,23-25H,6,10,14,16H2,1H3. The lowest BCUT2D eigenvalue weighted by atomic mass is 9.91. The van der Waals surface area contributed by atoms with E-state index in [1.54, 1.807) is 7.11 Å². The summed E-state index contributed by atoms with van der Waals surface area (Å²) in [5.74, 6) is 0.950. The van der Waals surface area contributed by atoms with E-state index >= 15 is 0 Å². The van der Waals surface area contributed by atoms with Crippen molar-refractivity contribution in [2.24, 2.45) is 0 Å². The molecule has 2 unspecified atom stereocenters. The first-order valence-corrected chi connectivity index (χ1v) is 9.42. The van der Waals surface area contributed by atoms with Crippen LogP contribution in [0.1, 0.15) is 30.0 Å². The Hall–Kier alpha value is -2.36. The van der Waals surface area contributed by atoms with Crippen LogP contribution in [0.4, 0.5) is 0 Å². The van der Waals surface area contributed by atoms with Crippen molar-refractivity contribution in [3.05, 3.63) is 77.9 Å². The summed E-state index contributed by atoms with van der Waals surface area (Å²) in [7, 11) is 1.74. The van der Waals surface area contributed by atoms with Gasteiger partial charge in [0.05, 0.1) is 7.11 Å². The van der Waals surface area contributed by atoms with Crippen molar-refractivity contribution < 1.29 is 4.74 Å². The summed E-state index contributed by atoms with van der Waals surface area (Å²) < 4.78 is 5.49. The number of benzene rings is 3. The Labute approximate surface area is 155 Å². The molecule has 1 saturated heterocycles. The fourth-order valence-electron chi connectivity index (χ4n) is 3.95. The van der Waals surface area contributed by atoms with Crippen LogP contribution in [0.5, 0.6) is 5.75 Å². The van der Waals surface area contributed by atoms with Gasteiger partial charge in [-0.25, -0.2) is 0 Å². The Bertz CT molecular complexity index is 877. The Balaban J connectivity index is 1.54. The van der Waals surface area contributed by atoms with Crippen molar-refractivity contribution in [2.75, 3.05) is 13.7 Å². The van der Waals surface area contributed by atoms with Gasteiger partial charge in [-0.15, -0.1) is 0 Å². The van der Waals surface area contributed by atoms with E-state index in [9.17, 15) is 0 Å². The van der Waals surface area contributed by atoms with Crippen LogP contribution in [0.2, 0.25) is 0 Å². The zero-order chi connectivity index (χ0) is 17.8. The molecule has 2 N–H and O–H groups in total. The molecule has 134 valence electrons. The van der Waals surface area contributed by atoms with Gasteiger partial charge in [0.2, 0.25) is 0 Å². The average Bonchev–Trinajstić information content (AvgIpc) is 2.72. The highest BCUT2D eigenvalue weighted by Crippen LogP contribution is 2.27. The molecule has 0 aliphatic carbocycles. The number of para-hydroxylation sites is 1.